The van der Waals surface area contributed by atoms with E-state index in [2.05, 4.69) is 24.7 Å². The Morgan fingerprint density at radius 2 is 1.18 bits per heavy atom. The van der Waals surface area contributed by atoms with E-state index in [1.54, 1.807) is 68.4 Å². The second kappa shape index (κ2) is 16.7. The largest absolute Gasteiger partial charge is 0.449 e. The zero-order chi connectivity index (χ0) is 30.1. The molecule has 5 amide bonds. The van der Waals surface area contributed by atoms with Crippen molar-refractivity contribution in [2.45, 2.75) is 19.8 Å². The topological polar surface area (TPSA) is 184 Å². The number of nitrogens with one attached hydrogen (secondary N) is 2. The van der Waals surface area contributed by atoms with Crippen LogP contribution in [0.5, 0.6) is 0 Å². The quantitative estimate of drug-likeness (QED) is 0.265. The SMILES string of the molecule is CCOC(=O)N1C(=O)c2ccccc2C1=O.Cl.Cl.NCCc1cnc[nH]1.O=C1c2ccccc2C(=O)N1CCc1cnc[nH]1. The van der Waals surface area contributed by atoms with Crippen LogP contribution in [-0.2, 0) is 17.6 Å². The second-order valence-corrected chi connectivity index (χ2v) is 8.94. The number of hydrogen-bond acceptors (Lipinski definition) is 9. The molecule has 15 heteroatoms. The molecule has 4 heterocycles. The maximum absolute atomic E-state index is 12.0. The highest BCUT2D eigenvalue weighted by Crippen LogP contribution is 2.23. The van der Waals surface area contributed by atoms with Gasteiger partial charge in [0.15, 0.2) is 0 Å². The number of aromatic amines is 2. The van der Waals surface area contributed by atoms with Crippen LogP contribution in [-0.4, -0.2) is 79.2 Å². The number of imide groups is 4. The molecule has 0 aliphatic carbocycles. The number of carbonyl (C=O) groups is 5. The molecule has 2 aromatic carbocycles. The van der Waals surface area contributed by atoms with Crippen molar-refractivity contribution in [2.75, 3.05) is 19.7 Å². The highest BCUT2D eigenvalue weighted by molar-refractivity contribution is 6.28. The molecule has 0 saturated carbocycles. The fourth-order valence-corrected chi connectivity index (χ4v) is 4.22. The van der Waals surface area contributed by atoms with E-state index in [9.17, 15) is 24.0 Å². The van der Waals surface area contributed by atoms with Crippen LogP contribution in [0.25, 0.3) is 0 Å². The lowest BCUT2D eigenvalue weighted by atomic mass is 10.1. The van der Waals surface area contributed by atoms with Crippen molar-refractivity contribution in [3.05, 3.63) is 107 Å². The van der Waals surface area contributed by atoms with Gasteiger partial charge in [-0.1, -0.05) is 24.3 Å². The fourth-order valence-electron chi connectivity index (χ4n) is 4.22. The average Bonchev–Trinajstić information content (AvgIpc) is 3.80. The average molecular weight is 645 g/mol. The molecule has 0 unspecified atom stereocenters. The summed E-state index contributed by atoms with van der Waals surface area (Å²) in [5.74, 6) is -1.68. The van der Waals surface area contributed by atoms with E-state index >= 15 is 0 Å². The first-order chi connectivity index (χ1) is 20.4. The molecule has 2 aromatic heterocycles. The number of aromatic nitrogens is 4. The van der Waals surface area contributed by atoms with Crippen LogP contribution in [0.1, 0.15) is 59.7 Å². The molecule has 0 spiro atoms. The lowest BCUT2D eigenvalue weighted by Gasteiger charge is -2.12. The van der Waals surface area contributed by atoms with Gasteiger partial charge in [-0.3, -0.25) is 24.1 Å². The Hall–Kier alpha value is -4.85. The molecule has 2 aliphatic rings. The molecular formula is C29H31Cl2N7O6. The van der Waals surface area contributed by atoms with Gasteiger partial charge in [0, 0.05) is 43.2 Å². The van der Waals surface area contributed by atoms with Crippen LogP contribution in [0, 0.1) is 0 Å². The number of hydrogen-bond donors (Lipinski definition) is 3. The summed E-state index contributed by atoms with van der Waals surface area (Å²) in [6.45, 7) is 2.78. The van der Waals surface area contributed by atoms with Crippen LogP contribution in [0.15, 0.2) is 73.6 Å². The van der Waals surface area contributed by atoms with Gasteiger partial charge in [-0.05, 0) is 37.7 Å². The first kappa shape index (κ1) is 35.3. The Bertz CT molecular complexity index is 1510. The predicted molar refractivity (Wildman–Crippen MR) is 164 cm³/mol. The van der Waals surface area contributed by atoms with Gasteiger partial charge in [0.2, 0.25) is 0 Å². The summed E-state index contributed by atoms with van der Waals surface area (Å²) in [5, 5.41) is 0. The van der Waals surface area contributed by atoms with E-state index in [-0.39, 0.29) is 54.4 Å². The van der Waals surface area contributed by atoms with Gasteiger partial charge in [0.1, 0.15) is 0 Å². The minimum Gasteiger partial charge on any atom is -0.449 e. The summed E-state index contributed by atoms with van der Waals surface area (Å²) < 4.78 is 4.64. The Morgan fingerprint density at radius 3 is 1.57 bits per heavy atom. The first-order valence-corrected chi connectivity index (χ1v) is 13.1. The van der Waals surface area contributed by atoms with Crippen molar-refractivity contribution in [1.82, 2.24) is 29.7 Å². The maximum Gasteiger partial charge on any atom is 0.424 e. The number of nitrogens with zero attached hydrogens (tertiary/aromatic N) is 4. The number of imidazole rings is 2. The number of amides is 5. The molecule has 0 saturated heterocycles. The van der Waals surface area contributed by atoms with Crippen molar-refractivity contribution in [1.29, 1.82) is 0 Å². The van der Waals surface area contributed by atoms with Crippen molar-refractivity contribution in [3.63, 3.8) is 0 Å². The lowest BCUT2D eigenvalue weighted by molar-refractivity contribution is 0.0590. The number of H-pyrrole nitrogens is 2. The summed E-state index contributed by atoms with van der Waals surface area (Å²) in [6.07, 6.45) is 7.27. The third-order valence-electron chi connectivity index (χ3n) is 6.25. The summed E-state index contributed by atoms with van der Waals surface area (Å²) in [7, 11) is 0. The van der Waals surface area contributed by atoms with E-state index in [4.69, 9.17) is 5.73 Å². The van der Waals surface area contributed by atoms with Crippen LogP contribution in [0.3, 0.4) is 0 Å². The summed E-state index contributed by atoms with van der Waals surface area (Å²) in [5.41, 5.74) is 8.74. The second-order valence-electron chi connectivity index (χ2n) is 8.94. The molecule has 4 aromatic rings. The minimum atomic E-state index is -0.922. The van der Waals surface area contributed by atoms with E-state index in [0.717, 1.165) is 17.8 Å². The Labute approximate surface area is 265 Å². The van der Waals surface area contributed by atoms with Crippen molar-refractivity contribution in [2.24, 2.45) is 5.73 Å². The van der Waals surface area contributed by atoms with Gasteiger partial charge in [0.25, 0.3) is 23.6 Å². The van der Waals surface area contributed by atoms with Crippen molar-refractivity contribution < 1.29 is 28.7 Å². The number of halogens is 2. The third kappa shape index (κ3) is 7.95. The van der Waals surface area contributed by atoms with Gasteiger partial charge in [-0.15, -0.1) is 24.8 Å². The number of benzene rings is 2. The van der Waals surface area contributed by atoms with E-state index in [0.29, 0.717) is 35.5 Å². The Balaban J connectivity index is 0.000000240. The van der Waals surface area contributed by atoms with Crippen LogP contribution < -0.4 is 5.73 Å². The minimum absolute atomic E-state index is 0. The molecule has 0 fully saturated rings. The normalized spacial score (nSPS) is 12.6. The number of carbonyl (C=O) groups excluding carboxylic acids is 5. The number of fused-ring (bicyclic) bond motifs is 2. The molecule has 2 aliphatic heterocycles. The molecule has 13 nitrogen and oxygen atoms in total. The molecular weight excluding hydrogens is 613 g/mol. The first-order valence-electron chi connectivity index (χ1n) is 13.1. The van der Waals surface area contributed by atoms with Crippen LogP contribution >= 0.6 is 24.8 Å². The summed E-state index contributed by atoms with van der Waals surface area (Å²) >= 11 is 0. The molecule has 0 bridgehead atoms. The van der Waals surface area contributed by atoms with E-state index in [1.807, 2.05) is 0 Å². The number of rotatable bonds is 6. The molecule has 0 atom stereocenters. The zero-order valence-electron chi connectivity index (χ0n) is 23.6. The number of ether oxygens (including phenoxy) is 1. The standard InChI is InChI=1S/C13H11N3O2.C11H9NO4.C5H9N3.2ClH/c17-12-10-3-1-2-4-11(10)13(18)16(12)6-5-9-7-14-8-15-9;1-2-16-11(15)12-9(13)7-5-3-4-6-8(7)10(12)14;6-2-1-5-3-7-4-8-5;;/h1-4,7-8H,5-6H2,(H,14,15);3-6H,2H2,1H3;3-4H,1-2,6H2,(H,7,8);2*1H. The van der Waals surface area contributed by atoms with E-state index in [1.165, 1.54) is 17.0 Å². The molecule has 0 radical (unpaired) electrons. The third-order valence-corrected chi connectivity index (χ3v) is 6.25. The van der Waals surface area contributed by atoms with Crippen molar-refractivity contribution in [3.8, 4) is 0 Å². The Kier molecular flexibility index (Phi) is 13.4. The number of nitrogens with two attached hydrogens (primary N) is 1. The smallest absolute Gasteiger partial charge is 0.424 e. The lowest BCUT2D eigenvalue weighted by Crippen LogP contribution is -2.36. The van der Waals surface area contributed by atoms with Crippen LogP contribution in [0.4, 0.5) is 4.79 Å². The highest BCUT2D eigenvalue weighted by Gasteiger charge is 2.40. The predicted octanol–water partition coefficient (Wildman–Crippen LogP) is 3.44. The zero-order valence-corrected chi connectivity index (χ0v) is 25.2. The monoisotopic (exact) mass is 643 g/mol. The van der Waals surface area contributed by atoms with Gasteiger partial charge in [0.05, 0.1) is 41.5 Å². The van der Waals surface area contributed by atoms with Gasteiger partial charge < -0.3 is 20.4 Å². The van der Waals surface area contributed by atoms with Crippen LogP contribution in [0.2, 0.25) is 0 Å². The Morgan fingerprint density at radius 1 is 0.750 bits per heavy atom. The summed E-state index contributed by atoms with van der Waals surface area (Å²) in [6, 6.07) is 13.2. The molecule has 44 heavy (non-hydrogen) atoms. The summed E-state index contributed by atoms with van der Waals surface area (Å²) in [4.78, 5) is 74.4. The highest BCUT2D eigenvalue weighted by atomic mass is 35.5. The van der Waals surface area contributed by atoms with Gasteiger partial charge in [-0.25, -0.2) is 14.8 Å². The maximum atomic E-state index is 12.0. The van der Waals surface area contributed by atoms with Gasteiger partial charge in [-0.2, -0.15) is 4.90 Å². The van der Waals surface area contributed by atoms with Gasteiger partial charge >= 0.3 is 6.09 Å². The molecule has 4 N–H and O–H groups in total. The molecule has 6 rings (SSSR count). The fraction of sp³-hybridized carbons (Fsp3) is 0.207. The van der Waals surface area contributed by atoms with E-state index < -0.39 is 17.9 Å². The molecule has 232 valence electrons. The van der Waals surface area contributed by atoms with Crippen molar-refractivity contribution >= 4 is 54.5 Å².